The van der Waals surface area contributed by atoms with Gasteiger partial charge in [-0.1, -0.05) is 25.4 Å². The van der Waals surface area contributed by atoms with Gasteiger partial charge in [0.25, 0.3) is 0 Å². The highest BCUT2D eigenvalue weighted by atomic mass is 35.5. The van der Waals surface area contributed by atoms with E-state index in [9.17, 15) is 5.11 Å². The van der Waals surface area contributed by atoms with Crippen LogP contribution in [-0.4, -0.2) is 5.11 Å². The lowest BCUT2D eigenvalue weighted by molar-refractivity contribution is 0.458. The standard InChI is InChI=1S/C10H14ClNO/c1-6(2)9-4-8(11)3-7(5-12)10(9)13/h3-4,6,13H,5,12H2,1-2H3. The van der Waals surface area contributed by atoms with Crippen molar-refractivity contribution in [1.82, 2.24) is 0 Å². The van der Waals surface area contributed by atoms with Crippen LogP contribution in [0.5, 0.6) is 5.75 Å². The molecule has 0 saturated carbocycles. The van der Waals surface area contributed by atoms with Gasteiger partial charge in [0.2, 0.25) is 0 Å². The molecule has 72 valence electrons. The zero-order valence-corrected chi connectivity index (χ0v) is 8.60. The number of hydrogen-bond donors (Lipinski definition) is 2. The molecular formula is C10H14ClNO. The molecule has 0 heterocycles. The Morgan fingerprint density at radius 1 is 1.46 bits per heavy atom. The second-order valence-corrected chi connectivity index (χ2v) is 3.80. The first-order valence-electron chi connectivity index (χ1n) is 4.27. The SMILES string of the molecule is CC(C)c1cc(Cl)cc(CN)c1O. The lowest BCUT2D eigenvalue weighted by atomic mass is 9.99. The van der Waals surface area contributed by atoms with Crippen LogP contribution >= 0.6 is 11.6 Å². The summed E-state index contributed by atoms with van der Waals surface area (Å²) in [6, 6.07) is 3.48. The Balaban J connectivity index is 3.27. The fourth-order valence-electron chi connectivity index (χ4n) is 1.27. The fourth-order valence-corrected chi connectivity index (χ4v) is 1.52. The molecule has 1 aromatic rings. The summed E-state index contributed by atoms with van der Waals surface area (Å²) in [6.45, 7) is 4.32. The smallest absolute Gasteiger partial charge is 0.123 e. The number of nitrogens with two attached hydrogens (primary N) is 1. The van der Waals surface area contributed by atoms with Crippen LogP contribution in [0.3, 0.4) is 0 Å². The normalized spacial score (nSPS) is 10.8. The van der Waals surface area contributed by atoms with Gasteiger partial charge in [0, 0.05) is 17.1 Å². The van der Waals surface area contributed by atoms with Crippen molar-refractivity contribution in [2.75, 3.05) is 0 Å². The Hall–Kier alpha value is -0.730. The predicted octanol–water partition coefficient (Wildman–Crippen LogP) is 2.63. The molecule has 0 aliphatic rings. The van der Waals surface area contributed by atoms with Crippen LogP contribution in [0.4, 0.5) is 0 Å². The van der Waals surface area contributed by atoms with Crippen LogP contribution < -0.4 is 5.73 Å². The minimum Gasteiger partial charge on any atom is -0.507 e. The van der Waals surface area contributed by atoms with Crippen molar-refractivity contribution in [3.05, 3.63) is 28.3 Å². The maximum absolute atomic E-state index is 9.75. The van der Waals surface area contributed by atoms with Gasteiger partial charge >= 0.3 is 0 Å². The summed E-state index contributed by atoms with van der Waals surface area (Å²) in [4.78, 5) is 0. The van der Waals surface area contributed by atoms with Crippen LogP contribution in [0.1, 0.15) is 30.9 Å². The van der Waals surface area contributed by atoms with Gasteiger partial charge in [-0.05, 0) is 23.6 Å². The van der Waals surface area contributed by atoms with Crippen molar-refractivity contribution in [1.29, 1.82) is 0 Å². The van der Waals surface area contributed by atoms with E-state index in [0.29, 0.717) is 17.1 Å². The summed E-state index contributed by atoms with van der Waals surface area (Å²) in [5.74, 6) is 0.533. The van der Waals surface area contributed by atoms with E-state index in [1.54, 1.807) is 12.1 Å². The van der Waals surface area contributed by atoms with Crippen molar-refractivity contribution in [3.8, 4) is 5.75 Å². The lowest BCUT2D eigenvalue weighted by Crippen LogP contribution is -1.99. The molecule has 0 radical (unpaired) electrons. The maximum Gasteiger partial charge on any atom is 0.123 e. The maximum atomic E-state index is 9.75. The minimum absolute atomic E-state index is 0.254. The van der Waals surface area contributed by atoms with E-state index in [-0.39, 0.29) is 11.7 Å². The van der Waals surface area contributed by atoms with Gasteiger partial charge in [0.15, 0.2) is 0 Å². The number of benzene rings is 1. The van der Waals surface area contributed by atoms with Crippen LogP contribution in [-0.2, 0) is 6.54 Å². The molecule has 1 aromatic carbocycles. The van der Waals surface area contributed by atoms with E-state index < -0.39 is 0 Å². The van der Waals surface area contributed by atoms with E-state index in [2.05, 4.69) is 0 Å². The monoisotopic (exact) mass is 199 g/mol. The van der Waals surface area contributed by atoms with E-state index in [0.717, 1.165) is 5.56 Å². The van der Waals surface area contributed by atoms with Gasteiger partial charge in [-0.15, -0.1) is 0 Å². The van der Waals surface area contributed by atoms with Crippen LogP contribution in [0, 0.1) is 0 Å². The average Bonchev–Trinajstić information content (AvgIpc) is 2.08. The average molecular weight is 200 g/mol. The molecule has 13 heavy (non-hydrogen) atoms. The van der Waals surface area contributed by atoms with Crippen LogP contribution in [0.25, 0.3) is 0 Å². The fraction of sp³-hybridized carbons (Fsp3) is 0.400. The topological polar surface area (TPSA) is 46.2 Å². The molecule has 0 saturated heterocycles. The third-order valence-electron chi connectivity index (χ3n) is 2.03. The molecule has 0 aromatic heterocycles. The summed E-state index contributed by atoms with van der Waals surface area (Å²) < 4.78 is 0. The van der Waals surface area contributed by atoms with Crippen molar-refractivity contribution in [3.63, 3.8) is 0 Å². The van der Waals surface area contributed by atoms with Gasteiger partial charge in [0.05, 0.1) is 0 Å². The second kappa shape index (κ2) is 3.99. The molecule has 0 fully saturated rings. The Morgan fingerprint density at radius 2 is 2.08 bits per heavy atom. The Morgan fingerprint density at radius 3 is 2.54 bits per heavy atom. The molecule has 0 aliphatic heterocycles. The van der Waals surface area contributed by atoms with Crippen LogP contribution in [0.2, 0.25) is 5.02 Å². The van der Waals surface area contributed by atoms with E-state index in [4.69, 9.17) is 17.3 Å². The summed E-state index contributed by atoms with van der Waals surface area (Å²) in [5, 5.41) is 10.4. The molecule has 3 heteroatoms. The Bertz CT molecular complexity index is 310. The highest BCUT2D eigenvalue weighted by Crippen LogP contribution is 2.31. The zero-order valence-electron chi connectivity index (χ0n) is 7.84. The number of phenols is 1. The first-order valence-corrected chi connectivity index (χ1v) is 4.65. The van der Waals surface area contributed by atoms with E-state index >= 15 is 0 Å². The summed E-state index contributed by atoms with van der Waals surface area (Å²) in [6.07, 6.45) is 0. The number of halogens is 1. The number of aromatic hydroxyl groups is 1. The zero-order chi connectivity index (χ0) is 10.0. The second-order valence-electron chi connectivity index (χ2n) is 3.36. The molecule has 0 bridgehead atoms. The molecule has 0 spiro atoms. The first-order chi connectivity index (χ1) is 6.06. The number of hydrogen-bond acceptors (Lipinski definition) is 2. The lowest BCUT2D eigenvalue weighted by Gasteiger charge is -2.12. The Labute approximate surface area is 83.3 Å². The Kier molecular flexibility index (Phi) is 3.17. The van der Waals surface area contributed by atoms with E-state index in [1.807, 2.05) is 13.8 Å². The van der Waals surface area contributed by atoms with Gasteiger partial charge in [-0.3, -0.25) is 0 Å². The molecule has 3 N–H and O–H groups in total. The molecule has 1 rings (SSSR count). The van der Waals surface area contributed by atoms with Crippen molar-refractivity contribution in [2.45, 2.75) is 26.3 Å². The highest BCUT2D eigenvalue weighted by molar-refractivity contribution is 6.30. The summed E-state index contributed by atoms with van der Waals surface area (Å²) >= 11 is 5.88. The van der Waals surface area contributed by atoms with Gasteiger partial charge in [-0.2, -0.15) is 0 Å². The molecular weight excluding hydrogens is 186 g/mol. The van der Waals surface area contributed by atoms with Crippen LogP contribution in [0.15, 0.2) is 12.1 Å². The molecule has 0 atom stereocenters. The van der Waals surface area contributed by atoms with Gasteiger partial charge < -0.3 is 10.8 Å². The van der Waals surface area contributed by atoms with Crippen molar-refractivity contribution >= 4 is 11.6 Å². The summed E-state index contributed by atoms with van der Waals surface area (Å²) in [7, 11) is 0. The minimum atomic E-state index is 0.254. The van der Waals surface area contributed by atoms with Gasteiger partial charge in [0.1, 0.15) is 5.75 Å². The molecule has 0 aliphatic carbocycles. The van der Waals surface area contributed by atoms with Gasteiger partial charge in [-0.25, -0.2) is 0 Å². The van der Waals surface area contributed by atoms with Crippen molar-refractivity contribution in [2.24, 2.45) is 5.73 Å². The number of rotatable bonds is 2. The molecule has 0 amide bonds. The molecule has 0 unspecified atom stereocenters. The first kappa shape index (κ1) is 10.4. The van der Waals surface area contributed by atoms with E-state index in [1.165, 1.54) is 0 Å². The number of phenolic OH excluding ortho intramolecular Hbond substituents is 1. The highest BCUT2D eigenvalue weighted by Gasteiger charge is 2.10. The third kappa shape index (κ3) is 2.14. The molecule has 2 nitrogen and oxygen atoms in total. The quantitative estimate of drug-likeness (QED) is 0.769. The largest absolute Gasteiger partial charge is 0.507 e. The summed E-state index contributed by atoms with van der Waals surface area (Å²) in [5.41, 5.74) is 7.03. The predicted molar refractivity (Wildman–Crippen MR) is 55.1 cm³/mol. The van der Waals surface area contributed by atoms with Crippen molar-refractivity contribution < 1.29 is 5.11 Å². The third-order valence-corrected chi connectivity index (χ3v) is 2.24.